The summed E-state index contributed by atoms with van der Waals surface area (Å²) in [5, 5.41) is 3.21. The second-order valence-electron chi connectivity index (χ2n) is 6.43. The fourth-order valence-corrected chi connectivity index (χ4v) is 4.62. The number of likely N-dealkylation sites (N-methyl/N-ethyl adjacent to an activating group) is 1. The molecule has 0 aromatic rings. The molecular formula is C20H38N2OS2. The average Bonchev–Trinajstić information content (AvgIpc) is 2.56. The molecule has 0 bridgehead atoms. The number of unbranched alkanes of at least 4 members (excludes halogenated alkanes) is 2. The van der Waals surface area contributed by atoms with Gasteiger partial charge in [-0.25, -0.2) is 0 Å². The Morgan fingerprint density at radius 3 is 2.24 bits per heavy atom. The van der Waals surface area contributed by atoms with Crippen LogP contribution in [0.15, 0.2) is 24.3 Å². The van der Waals surface area contributed by atoms with E-state index in [9.17, 15) is 4.79 Å². The molecular weight excluding hydrogens is 348 g/mol. The van der Waals surface area contributed by atoms with Crippen molar-refractivity contribution in [3.8, 4) is 0 Å². The lowest BCUT2D eigenvalue weighted by Crippen LogP contribution is -2.43. The standard InChI is InChI=1S/C20H38N2OS2/c1-5-7-9-11-13-15-20(23)21-19(17-22(3)4)18-25-24-16-14-12-10-8-6-2/h7-10,19H,5-6,11-18H2,1-4H3,(H,21,23)/b9-7+,10-8+. The average molecular weight is 387 g/mol. The summed E-state index contributed by atoms with van der Waals surface area (Å²) < 4.78 is 0. The molecule has 1 unspecified atom stereocenters. The Labute approximate surface area is 163 Å². The summed E-state index contributed by atoms with van der Waals surface area (Å²) in [7, 11) is 7.93. The van der Waals surface area contributed by atoms with E-state index >= 15 is 0 Å². The summed E-state index contributed by atoms with van der Waals surface area (Å²) in [6, 6.07) is 0.228. The number of carbonyl (C=O) groups is 1. The fraction of sp³-hybridized carbons (Fsp3) is 0.750. The summed E-state index contributed by atoms with van der Waals surface area (Å²) in [5.74, 6) is 2.33. The van der Waals surface area contributed by atoms with E-state index in [1.807, 2.05) is 21.6 Å². The predicted octanol–water partition coefficient (Wildman–Crippen LogP) is 5.30. The van der Waals surface area contributed by atoms with Gasteiger partial charge in [0.2, 0.25) is 5.91 Å². The molecule has 0 radical (unpaired) electrons. The van der Waals surface area contributed by atoms with E-state index in [0.29, 0.717) is 6.42 Å². The molecule has 1 atom stereocenters. The predicted molar refractivity (Wildman–Crippen MR) is 117 cm³/mol. The molecule has 25 heavy (non-hydrogen) atoms. The highest BCUT2D eigenvalue weighted by Gasteiger charge is 2.13. The number of hydrogen-bond acceptors (Lipinski definition) is 4. The van der Waals surface area contributed by atoms with Crippen LogP contribution in [0, 0.1) is 0 Å². The van der Waals surface area contributed by atoms with Crippen LogP contribution < -0.4 is 5.32 Å². The second-order valence-corrected chi connectivity index (χ2v) is 9.05. The van der Waals surface area contributed by atoms with Crippen LogP contribution in [0.25, 0.3) is 0 Å². The van der Waals surface area contributed by atoms with Crippen LogP contribution in [-0.4, -0.2) is 49.0 Å². The summed E-state index contributed by atoms with van der Waals surface area (Å²) >= 11 is 0. The molecule has 5 heteroatoms. The largest absolute Gasteiger partial charge is 0.351 e. The van der Waals surface area contributed by atoms with Gasteiger partial charge in [-0.15, -0.1) is 0 Å². The third-order valence-corrected chi connectivity index (χ3v) is 6.05. The van der Waals surface area contributed by atoms with Crippen molar-refractivity contribution >= 4 is 27.5 Å². The van der Waals surface area contributed by atoms with Crippen LogP contribution in [-0.2, 0) is 4.79 Å². The number of nitrogens with one attached hydrogen (secondary N) is 1. The van der Waals surface area contributed by atoms with Crippen molar-refractivity contribution in [1.29, 1.82) is 0 Å². The quantitative estimate of drug-likeness (QED) is 0.222. The molecule has 146 valence electrons. The van der Waals surface area contributed by atoms with E-state index in [-0.39, 0.29) is 11.9 Å². The maximum Gasteiger partial charge on any atom is 0.220 e. The van der Waals surface area contributed by atoms with Crippen LogP contribution >= 0.6 is 21.6 Å². The Balaban J connectivity index is 3.92. The van der Waals surface area contributed by atoms with E-state index in [4.69, 9.17) is 0 Å². The van der Waals surface area contributed by atoms with Crippen molar-refractivity contribution in [2.75, 3.05) is 32.1 Å². The first-order valence-electron chi connectivity index (χ1n) is 9.58. The Morgan fingerprint density at radius 1 is 1.00 bits per heavy atom. The molecule has 0 spiro atoms. The maximum atomic E-state index is 12.1. The molecule has 1 N–H and O–H groups in total. The minimum absolute atomic E-state index is 0.187. The van der Waals surface area contributed by atoms with E-state index < -0.39 is 0 Å². The third kappa shape index (κ3) is 18.2. The normalized spacial score (nSPS) is 13.2. The van der Waals surface area contributed by atoms with Crippen molar-refractivity contribution in [2.24, 2.45) is 0 Å². The molecule has 0 rings (SSSR count). The van der Waals surface area contributed by atoms with Gasteiger partial charge >= 0.3 is 0 Å². The highest BCUT2D eigenvalue weighted by atomic mass is 33.1. The lowest BCUT2D eigenvalue weighted by molar-refractivity contribution is -0.121. The molecule has 1 amide bonds. The lowest BCUT2D eigenvalue weighted by atomic mass is 10.2. The molecule has 3 nitrogen and oxygen atoms in total. The summed E-state index contributed by atoms with van der Waals surface area (Å²) in [4.78, 5) is 14.3. The highest BCUT2D eigenvalue weighted by Crippen LogP contribution is 2.23. The fourth-order valence-electron chi connectivity index (χ4n) is 2.28. The smallest absolute Gasteiger partial charge is 0.220 e. The first kappa shape index (κ1) is 24.6. The molecule has 0 aromatic carbocycles. The molecule has 0 heterocycles. The Morgan fingerprint density at radius 2 is 1.64 bits per heavy atom. The van der Waals surface area contributed by atoms with Gasteiger partial charge in [-0.1, -0.05) is 59.7 Å². The van der Waals surface area contributed by atoms with Gasteiger partial charge in [-0.3, -0.25) is 4.79 Å². The Hall–Kier alpha value is -0.390. The van der Waals surface area contributed by atoms with Crippen LogP contribution in [0.1, 0.15) is 58.8 Å². The van der Waals surface area contributed by atoms with Gasteiger partial charge in [0.25, 0.3) is 0 Å². The van der Waals surface area contributed by atoms with E-state index in [0.717, 1.165) is 38.0 Å². The van der Waals surface area contributed by atoms with Gasteiger partial charge in [0.05, 0.1) is 6.04 Å². The Bertz CT molecular complexity index is 371. The maximum absolute atomic E-state index is 12.1. The van der Waals surface area contributed by atoms with E-state index in [1.165, 1.54) is 18.6 Å². The summed E-state index contributed by atoms with van der Waals surface area (Å²) in [6.07, 6.45) is 16.0. The first-order valence-corrected chi connectivity index (χ1v) is 12.1. The zero-order valence-corrected chi connectivity index (χ0v) is 18.3. The van der Waals surface area contributed by atoms with Gasteiger partial charge in [-0.05, 0) is 52.6 Å². The topological polar surface area (TPSA) is 32.3 Å². The van der Waals surface area contributed by atoms with Gasteiger partial charge in [-0.2, -0.15) is 0 Å². The number of carbonyl (C=O) groups excluding carboxylic acids is 1. The van der Waals surface area contributed by atoms with Gasteiger partial charge in [0.15, 0.2) is 0 Å². The van der Waals surface area contributed by atoms with Crippen LogP contribution in [0.2, 0.25) is 0 Å². The summed E-state index contributed by atoms with van der Waals surface area (Å²) in [6.45, 7) is 5.20. The second kappa shape index (κ2) is 18.4. The molecule has 0 aliphatic rings. The van der Waals surface area contributed by atoms with Crippen LogP contribution in [0.3, 0.4) is 0 Å². The van der Waals surface area contributed by atoms with Gasteiger partial charge < -0.3 is 10.2 Å². The van der Waals surface area contributed by atoms with Crippen LogP contribution in [0.4, 0.5) is 0 Å². The Kier molecular flexibility index (Phi) is 18.1. The highest BCUT2D eigenvalue weighted by molar-refractivity contribution is 8.76. The first-order chi connectivity index (χ1) is 12.1. The number of amides is 1. The van der Waals surface area contributed by atoms with Crippen molar-refractivity contribution in [3.05, 3.63) is 24.3 Å². The van der Waals surface area contributed by atoms with Crippen molar-refractivity contribution in [1.82, 2.24) is 10.2 Å². The minimum Gasteiger partial charge on any atom is -0.351 e. The van der Waals surface area contributed by atoms with Crippen molar-refractivity contribution in [2.45, 2.75) is 64.8 Å². The monoisotopic (exact) mass is 386 g/mol. The number of allylic oxidation sites excluding steroid dienone is 4. The lowest BCUT2D eigenvalue weighted by Gasteiger charge is -2.22. The molecule has 0 fully saturated rings. The summed E-state index contributed by atoms with van der Waals surface area (Å²) in [5.41, 5.74) is 0. The molecule has 0 saturated carbocycles. The van der Waals surface area contributed by atoms with Crippen LogP contribution in [0.5, 0.6) is 0 Å². The minimum atomic E-state index is 0.187. The zero-order valence-electron chi connectivity index (χ0n) is 16.6. The van der Waals surface area contributed by atoms with Crippen molar-refractivity contribution in [3.63, 3.8) is 0 Å². The van der Waals surface area contributed by atoms with E-state index in [1.54, 1.807) is 0 Å². The third-order valence-electron chi connectivity index (χ3n) is 3.48. The van der Waals surface area contributed by atoms with Gasteiger partial charge in [0, 0.05) is 24.5 Å². The van der Waals surface area contributed by atoms with Crippen molar-refractivity contribution < 1.29 is 4.79 Å². The molecule has 0 aromatic heterocycles. The number of nitrogens with zero attached hydrogens (tertiary/aromatic N) is 1. The number of hydrogen-bond donors (Lipinski definition) is 1. The van der Waals surface area contributed by atoms with E-state index in [2.05, 4.69) is 62.5 Å². The molecule has 0 aliphatic heterocycles. The molecule has 0 aliphatic carbocycles. The number of rotatable bonds is 16. The van der Waals surface area contributed by atoms with Gasteiger partial charge in [0.1, 0.15) is 0 Å². The zero-order chi connectivity index (χ0) is 18.8. The molecule has 0 saturated heterocycles. The SMILES string of the molecule is CC/C=C/CCCSSCC(CN(C)C)NC(=O)CCC/C=C/CC.